The Hall–Kier alpha value is -2.48. The highest BCUT2D eigenvalue weighted by atomic mass is 35.5. The van der Waals surface area contributed by atoms with Crippen LogP contribution in [0.1, 0.15) is 80.1 Å². The standard InChI is InChI=1S/C31H40ClN3O3.C3H9N/c32-29-25(22-36)11-12-28(33-29)34-17-13-23(14-18-34)21-24-15-19-35(20-16-24)30(37)31(38,26-7-3-1-4-8-26)27-9-5-2-6-10-27;1-4(2)3/h1,3-4,7-8,11-12,22-24,27,38H,2,5-6,9-10,13-21H2;1-3H3. The van der Waals surface area contributed by atoms with Gasteiger partial charge in [-0.05, 0) is 95.6 Å². The number of aldehydes is 1. The molecule has 2 saturated heterocycles. The van der Waals surface area contributed by atoms with Crippen LogP contribution in [0, 0.1) is 17.8 Å². The van der Waals surface area contributed by atoms with Gasteiger partial charge in [-0.25, -0.2) is 4.98 Å². The molecule has 1 aromatic heterocycles. The third kappa shape index (κ3) is 8.12. The molecule has 1 aliphatic carbocycles. The van der Waals surface area contributed by atoms with Crippen molar-refractivity contribution in [1.82, 2.24) is 14.8 Å². The van der Waals surface area contributed by atoms with E-state index in [0.29, 0.717) is 17.4 Å². The summed E-state index contributed by atoms with van der Waals surface area (Å²) < 4.78 is 0. The van der Waals surface area contributed by atoms with Gasteiger partial charge in [0.25, 0.3) is 5.91 Å². The Morgan fingerprint density at radius 2 is 1.50 bits per heavy atom. The number of pyridine rings is 1. The molecule has 1 unspecified atom stereocenters. The Bertz CT molecular complexity index is 1140. The largest absolute Gasteiger partial charge is 0.375 e. The van der Waals surface area contributed by atoms with Gasteiger partial charge in [0, 0.05) is 32.1 Å². The fraction of sp³-hybridized carbons (Fsp3) is 0.618. The summed E-state index contributed by atoms with van der Waals surface area (Å²) in [7, 11) is 6.00. The number of carbonyl (C=O) groups excluding carboxylic acids is 2. The third-order valence-corrected chi connectivity index (χ3v) is 9.54. The number of hydrogen-bond donors (Lipinski definition) is 1. The lowest BCUT2D eigenvalue weighted by Crippen LogP contribution is -2.53. The first kappa shape index (κ1) is 32.4. The summed E-state index contributed by atoms with van der Waals surface area (Å²) in [5.41, 5.74) is -0.235. The quantitative estimate of drug-likeness (QED) is 0.310. The molecule has 1 amide bonds. The van der Waals surface area contributed by atoms with E-state index in [-0.39, 0.29) is 17.0 Å². The molecule has 2 aromatic rings. The number of carbonyl (C=O) groups is 2. The molecule has 1 N–H and O–H groups in total. The van der Waals surface area contributed by atoms with Gasteiger partial charge < -0.3 is 19.8 Å². The number of aliphatic hydroxyl groups is 1. The molecular weight excluding hydrogens is 548 g/mol. The maximum atomic E-state index is 13.9. The zero-order chi connectivity index (χ0) is 30.1. The summed E-state index contributed by atoms with van der Waals surface area (Å²) in [6, 6.07) is 13.3. The van der Waals surface area contributed by atoms with Crippen molar-refractivity contribution in [2.45, 2.75) is 69.8 Å². The molecule has 7 nitrogen and oxygen atoms in total. The normalized spacial score (nSPS) is 20.5. The molecule has 1 aromatic carbocycles. The molecular formula is C34H49ClN4O3. The SMILES string of the molecule is CN(C)C.O=Cc1ccc(N2CCC(CC3CCN(C(=O)C(O)(c4ccccc4)C4CCCCC4)CC3)CC2)nc1Cl. The molecule has 3 heterocycles. The molecule has 8 heteroatoms. The van der Waals surface area contributed by atoms with E-state index >= 15 is 0 Å². The molecule has 3 fully saturated rings. The monoisotopic (exact) mass is 596 g/mol. The van der Waals surface area contributed by atoms with Gasteiger partial charge in [-0.1, -0.05) is 61.2 Å². The number of aromatic nitrogens is 1. The van der Waals surface area contributed by atoms with Gasteiger partial charge in [-0.15, -0.1) is 0 Å². The van der Waals surface area contributed by atoms with Crippen molar-refractivity contribution >= 4 is 29.6 Å². The van der Waals surface area contributed by atoms with E-state index in [0.717, 1.165) is 95.2 Å². The molecule has 1 atom stereocenters. The van der Waals surface area contributed by atoms with Gasteiger partial charge in [-0.3, -0.25) is 9.59 Å². The van der Waals surface area contributed by atoms with Crippen LogP contribution in [0.3, 0.4) is 0 Å². The summed E-state index contributed by atoms with van der Waals surface area (Å²) in [4.78, 5) is 35.5. The van der Waals surface area contributed by atoms with E-state index in [9.17, 15) is 14.7 Å². The number of likely N-dealkylation sites (tertiary alicyclic amines) is 1. The van der Waals surface area contributed by atoms with Crippen LogP contribution in [0.4, 0.5) is 5.82 Å². The highest BCUT2D eigenvalue weighted by molar-refractivity contribution is 6.31. The predicted octanol–water partition coefficient (Wildman–Crippen LogP) is 6.04. The van der Waals surface area contributed by atoms with Gasteiger partial charge in [0.05, 0.1) is 5.56 Å². The second kappa shape index (κ2) is 15.3. The lowest BCUT2D eigenvalue weighted by molar-refractivity contribution is -0.162. The first-order chi connectivity index (χ1) is 20.2. The van der Waals surface area contributed by atoms with Gasteiger partial charge >= 0.3 is 0 Å². The Labute approximate surface area is 257 Å². The van der Waals surface area contributed by atoms with E-state index in [1.165, 1.54) is 12.8 Å². The minimum absolute atomic E-state index is 0.00642. The second-order valence-corrected chi connectivity index (χ2v) is 13.2. The lowest BCUT2D eigenvalue weighted by Gasteiger charge is -2.43. The number of hydrogen-bond acceptors (Lipinski definition) is 6. The summed E-state index contributed by atoms with van der Waals surface area (Å²) in [6.07, 6.45) is 11.4. The fourth-order valence-corrected chi connectivity index (χ4v) is 7.12. The number of halogens is 1. The lowest BCUT2D eigenvalue weighted by atomic mass is 9.72. The van der Waals surface area contributed by atoms with Crippen LogP contribution in [0.25, 0.3) is 0 Å². The topological polar surface area (TPSA) is 77.0 Å². The van der Waals surface area contributed by atoms with E-state index in [1.54, 1.807) is 6.07 Å². The number of anilines is 1. The van der Waals surface area contributed by atoms with Crippen molar-refractivity contribution in [3.05, 3.63) is 58.7 Å². The van der Waals surface area contributed by atoms with E-state index in [4.69, 9.17) is 11.6 Å². The first-order valence-corrected chi connectivity index (χ1v) is 16.1. The summed E-state index contributed by atoms with van der Waals surface area (Å²) in [6.45, 7) is 3.35. The average Bonchev–Trinajstić information content (AvgIpc) is 3.01. The summed E-state index contributed by atoms with van der Waals surface area (Å²) in [5, 5.41) is 12.3. The summed E-state index contributed by atoms with van der Waals surface area (Å²) in [5.74, 6) is 2.04. The van der Waals surface area contributed by atoms with E-state index in [2.05, 4.69) is 9.88 Å². The van der Waals surface area contributed by atoms with Crippen molar-refractivity contribution < 1.29 is 14.7 Å². The van der Waals surface area contributed by atoms with Crippen LogP contribution in [0.2, 0.25) is 5.15 Å². The molecule has 0 bridgehead atoms. The van der Waals surface area contributed by atoms with Crippen LogP contribution < -0.4 is 4.90 Å². The van der Waals surface area contributed by atoms with Crippen molar-refractivity contribution in [3.63, 3.8) is 0 Å². The molecule has 0 radical (unpaired) electrons. The maximum Gasteiger partial charge on any atom is 0.259 e. The Morgan fingerprint density at radius 1 is 0.929 bits per heavy atom. The molecule has 5 rings (SSSR count). The van der Waals surface area contributed by atoms with Crippen molar-refractivity contribution in [2.75, 3.05) is 52.2 Å². The minimum Gasteiger partial charge on any atom is -0.375 e. The molecule has 3 aliphatic rings. The number of benzene rings is 1. The van der Waals surface area contributed by atoms with Crippen molar-refractivity contribution in [2.24, 2.45) is 17.8 Å². The van der Waals surface area contributed by atoms with Crippen LogP contribution in [0.5, 0.6) is 0 Å². The molecule has 2 aliphatic heterocycles. The highest BCUT2D eigenvalue weighted by Gasteiger charge is 2.48. The van der Waals surface area contributed by atoms with Crippen LogP contribution in [-0.2, 0) is 10.4 Å². The van der Waals surface area contributed by atoms with Gasteiger partial charge in [0.15, 0.2) is 11.9 Å². The smallest absolute Gasteiger partial charge is 0.259 e. The van der Waals surface area contributed by atoms with Crippen LogP contribution >= 0.6 is 11.6 Å². The van der Waals surface area contributed by atoms with E-state index < -0.39 is 5.60 Å². The molecule has 42 heavy (non-hydrogen) atoms. The van der Waals surface area contributed by atoms with Gasteiger partial charge in [-0.2, -0.15) is 0 Å². The third-order valence-electron chi connectivity index (χ3n) is 9.23. The first-order valence-electron chi connectivity index (χ1n) is 15.8. The van der Waals surface area contributed by atoms with Crippen LogP contribution in [0.15, 0.2) is 42.5 Å². The van der Waals surface area contributed by atoms with Crippen LogP contribution in [-0.4, -0.2) is 79.4 Å². The highest BCUT2D eigenvalue weighted by Crippen LogP contribution is 2.42. The molecule has 1 saturated carbocycles. The fourth-order valence-electron chi connectivity index (χ4n) is 6.93. The Morgan fingerprint density at radius 3 is 2.05 bits per heavy atom. The average molecular weight is 597 g/mol. The zero-order valence-corrected chi connectivity index (χ0v) is 26.4. The van der Waals surface area contributed by atoms with Crippen molar-refractivity contribution in [3.8, 4) is 0 Å². The van der Waals surface area contributed by atoms with Crippen molar-refractivity contribution in [1.29, 1.82) is 0 Å². The number of piperidine rings is 2. The summed E-state index contributed by atoms with van der Waals surface area (Å²) >= 11 is 6.13. The predicted molar refractivity (Wildman–Crippen MR) is 170 cm³/mol. The second-order valence-electron chi connectivity index (χ2n) is 12.9. The molecule has 230 valence electrons. The number of amides is 1. The Balaban J connectivity index is 0.000000952. The maximum absolute atomic E-state index is 13.9. The Kier molecular flexibility index (Phi) is 11.8. The van der Waals surface area contributed by atoms with Gasteiger partial charge in [0.1, 0.15) is 11.0 Å². The zero-order valence-electron chi connectivity index (χ0n) is 25.7. The van der Waals surface area contributed by atoms with E-state index in [1.807, 2.05) is 67.3 Å². The molecule has 0 spiro atoms. The number of rotatable bonds is 7. The minimum atomic E-state index is -1.41. The number of nitrogens with zero attached hydrogens (tertiary/aromatic N) is 4. The van der Waals surface area contributed by atoms with Gasteiger partial charge in [0.2, 0.25) is 0 Å².